The monoisotopic (exact) mass is 329 g/mol. The fraction of sp³-hybridized carbons (Fsp3) is 0.333. The van der Waals surface area contributed by atoms with Crippen molar-refractivity contribution in [2.45, 2.75) is 31.7 Å². The average molecular weight is 330 g/mol. The summed E-state index contributed by atoms with van der Waals surface area (Å²) in [4.78, 5) is 0. The third-order valence-electron chi connectivity index (χ3n) is 4.09. The smallest absolute Gasteiger partial charge is 0.0326 e. The molecule has 2 aromatic rings. The highest BCUT2D eigenvalue weighted by Gasteiger charge is 2.22. The summed E-state index contributed by atoms with van der Waals surface area (Å²) in [7, 11) is 0. The molecule has 0 amide bonds. The maximum atomic E-state index is 3.71. The summed E-state index contributed by atoms with van der Waals surface area (Å²) in [5.41, 5.74) is 4.41. The first-order valence-electron chi connectivity index (χ1n) is 7.39. The Kier molecular flexibility index (Phi) is 4.54. The molecule has 1 N–H and O–H groups in total. The highest BCUT2D eigenvalue weighted by molar-refractivity contribution is 9.10. The Hall–Kier alpha value is -1.12. The van der Waals surface area contributed by atoms with Crippen LogP contribution < -0.4 is 5.32 Å². The van der Waals surface area contributed by atoms with Crippen molar-refractivity contribution in [2.24, 2.45) is 0 Å². The van der Waals surface area contributed by atoms with Crippen LogP contribution in [0.2, 0.25) is 0 Å². The van der Waals surface area contributed by atoms with E-state index in [1.807, 2.05) is 0 Å². The topological polar surface area (TPSA) is 12.0 Å². The van der Waals surface area contributed by atoms with Crippen molar-refractivity contribution in [2.75, 3.05) is 6.54 Å². The summed E-state index contributed by atoms with van der Waals surface area (Å²) in [5.74, 6) is 0. The van der Waals surface area contributed by atoms with Gasteiger partial charge in [-0.3, -0.25) is 0 Å². The molecule has 0 bridgehead atoms. The van der Waals surface area contributed by atoms with Crippen LogP contribution in [0.15, 0.2) is 53.0 Å². The van der Waals surface area contributed by atoms with Gasteiger partial charge in [0.05, 0.1) is 0 Å². The van der Waals surface area contributed by atoms with Crippen molar-refractivity contribution < 1.29 is 0 Å². The molecule has 1 aliphatic carbocycles. The summed E-state index contributed by atoms with van der Waals surface area (Å²) in [5, 5.41) is 3.71. The molecule has 1 nitrogen and oxygen atoms in total. The Balaban J connectivity index is 1.50. The van der Waals surface area contributed by atoms with Gasteiger partial charge in [0.25, 0.3) is 0 Å². The van der Waals surface area contributed by atoms with Gasteiger partial charge in [0, 0.05) is 10.5 Å². The van der Waals surface area contributed by atoms with E-state index in [-0.39, 0.29) is 0 Å². The fourth-order valence-electron chi connectivity index (χ4n) is 3.04. The van der Waals surface area contributed by atoms with Crippen molar-refractivity contribution in [3.63, 3.8) is 0 Å². The predicted octanol–water partition coefficient (Wildman–Crippen LogP) is 4.66. The standard InChI is InChI=1S/C18H20BrN/c19-17-10-4-9-16-15(17)11-12-18(16)20-13-5-8-14-6-2-1-3-7-14/h1-4,6-7,9-10,18,20H,5,8,11-13H2. The van der Waals surface area contributed by atoms with Crippen LogP contribution in [0.5, 0.6) is 0 Å². The van der Waals surface area contributed by atoms with Crippen LogP contribution in [0.1, 0.15) is 35.6 Å². The van der Waals surface area contributed by atoms with E-state index in [1.54, 1.807) is 0 Å². The van der Waals surface area contributed by atoms with Crippen LogP contribution in [0, 0.1) is 0 Å². The summed E-state index contributed by atoms with van der Waals surface area (Å²) in [6.07, 6.45) is 4.77. The SMILES string of the molecule is Brc1cccc2c1CCC2NCCCc1ccccc1. The average Bonchev–Trinajstić information content (AvgIpc) is 2.90. The molecule has 1 aliphatic rings. The zero-order valence-corrected chi connectivity index (χ0v) is 13.2. The number of aryl methyl sites for hydroxylation is 1. The lowest BCUT2D eigenvalue weighted by atomic mass is 10.1. The van der Waals surface area contributed by atoms with Crippen LogP contribution in [-0.4, -0.2) is 6.54 Å². The van der Waals surface area contributed by atoms with Gasteiger partial charge >= 0.3 is 0 Å². The lowest BCUT2D eigenvalue weighted by molar-refractivity contribution is 0.520. The molecule has 0 heterocycles. The summed E-state index contributed by atoms with van der Waals surface area (Å²) >= 11 is 3.66. The molecule has 20 heavy (non-hydrogen) atoms. The molecule has 2 heteroatoms. The number of fused-ring (bicyclic) bond motifs is 1. The molecule has 1 atom stereocenters. The minimum Gasteiger partial charge on any atom is -0.310 e. The zero-order valence-electron chi connectivity index (χ0n) is 11.6. The van der Waals surface area contributed by atoms with Crippen LogP contribution in [0.4, 0.5) is 0 Å². The van der Waals surface area contributed by atoms with Gasteiger partial charge in [-0.05, 0) is 55.0 Å². The second-order valence-electron chi connectivity index (χ2n) is 5.44. The van der Waals surface area contributed by atoms with E-state index in [0.717, 1.165) is 13.0 Å². The minimum atomic E-state index is 0.540. The third kappa shape index (κ3) is 3.13. The Morgan fingerprint density at radius 2 is 1.90 bits per heavy atom. The van der Waals surface area contributed by atoms with Gasteiger partial charge in [0.15, 0.2) is 0 Å². The lowest BCUT2D eigenvalue weighted by Gasteiger charge is -2.14. The molecule has 0 radical (unpaired) electrons. The van der Waals surface area contributed by atoms with Crippen molar-refractivity contribution in [3.8, 4) is 0 Å². The highest BCUT2D eigenvalue weighted by atomic mass is 79.9. The number of benzene rings is 2. The van der Waals surface area contributed by atoms with Gasteiger partial charge < -0.3 is 5.32 Å². The van der Waals surface area contributed by atoms with Crippen LogP contribution in [-0.2, 0) is 12.8 Å². The quantitative estimate of drug-likeness (QED) is 0.786. The Labute approximate surface area is 129 Å². The van der Waals surface area contributed by atoms with Gasteiger partial charge in [-0.2, -0.15) is 0 Å². The number of rotatable bonds is 5. The Morgan fingerprint density at radius 3 is 2.75 bits per heavy atom. The number of nitrogens with one attached hydrogen (secondary N) is 1. The van der Waals surface area contributed by atoms with Gasteiger partial charge in [-0.25, -0.2) is 0 Å². The molecular weight excluding hydrogens is 310 g/mol. The second-order valence-corrected chi connectivity index (χ2v) is 6.30. The van der Waals surface area contributed by atoms with Gasteiger partial charge in [-0.1, -0.05) is 58.4 Å². The molecule has 0 aliphatic heterocycles. The van der Waals surface area contributed by atoms with Gasteiger partial charge in [0.1, 0.15) is 0 Å². The third-order valence-corrected chi connectivity index (χ3v) is 4.83. The molecule has 0 spiro atoms. The van der Waals surface area contributed by atoms with E-state index in [1.165, 1.54) is 40.4 Å². The van der Waals surface area contributed by atoms with Crippen LogP contribution in [0.25, 0.3) is 0 Å². The molecule has 0 saturated carbocycles. The maximum Gasteiger partial charge on any atom is 0.0326 e. The van der Waals surface area contributed by atoms with Gasteiger partial charge in [-0.15, -0.1) is 0 Å². The number of hydrogen-bond donors (Lipinski definition) is 1. The molecule has 0 saturated heterocycles. The molecule has 3 rings (SSSR count). The zero-order chi connectivity index (χ0) is 13.8. The van der Waals surface area contributed by atoms with Crippen LogP contribution >= 0.6 is 15.9 Å². The van der Waals surface area contributed by atoms with Gasteiger partial charge in [0.2, 0.25) is 0 Å². The number of halogens is 1. The van der Waals surface area contributed by atoms with Crippen molar-refractivity contribution >= 4 is 15.9 Å². The Bertz CT molecular complexity index is 565. The first-order valence-corrected chi connectivity index (χ1v) is 8.18. The molecule has 104 valence electrons. The molecule has 0 fully saturated rings. The highest BCUT2D eigenvalue weighted by Crippen LogP contribution is 2.35. The largest absolute Gasteiger partial charge is 0.310 e. The predicted molar refractivity (Wildman–Crippen MR) is 88.0 cm³/mol. The lowest BCUT2D eigenvalue weighted by Crippen LogP contribution is -2.20. The van der Waals surface area contributed by atoms with E-state index in [0.29, 0.717) is 6.04 Å². The van der Waals surface area contributed by atoms with E-state index in [2.05, 4.69) is 69.8 Å². The van der Waals surface area contributed by atoms with Crippen molar-refractivity contribution in [1.82, 2.24) is 5.32 Å². The van der Waals surface area contributed by atoms with Crippen molar-refractivity contribution in [1.29, 1.82) is 0 Å². The first-order chi connectivity index (χ1) is 9.84. The second kappa shape index (κ2) is 6.55. The normalized spacial score (nSPS) is 17.1. The van der Waals surface area contributed by atoms with Crippen LogP contribution in [0.3, 0.4) is 0 Å². The summed E-state index contributed by atoms with van der Waals surface area (Å²) in [6, 6.07) is 17.8. The minimum absolute atomic E-state index is 0.540. The summed E-state index contributed by atoms with van der Waals surface area (Å²) < 4.78 is 1.27. The Morgan fingerprint density at radius 1 is 1.05 bits per heavy atom. The summed E-state index contributed by atoms with van der Waals surface area (Å²) in [6.45, 7) is 1.09. The molecule has 1 unspecified atom stereocenters. The number of hydrogen-bond acceptors (Lipinski definition) is 1. The molecular formula is C18H20BrN. The van der Waals surface area contributed by atoms with Crippen molar-refractivity contribution in [3.05, 3.63) is 69.7 Å². The van der Waals surface area contributed by atoms with E-state index < -0.39 is 0 Å². The van der Waals surface area contributed by atoms with E-state index in [4.69, 9.17) is 0 Å². The van der Waals surface area contributed by atoms with E-state index >= 15 is 0 Å². The molecule has 2 aromatic carbocycles. The van der Waals surface area contributed by atoms with E-state index in [9.17, 15) is 0 Å². The maximum absolute atomic E-state index is 3.71. The fourth-order valence-corrected chi connectivity index (χ4v) is 3.62. The molecule has 0 aromatic heterocycles. The first kappa shape index (κ1) is 13.8.